The van der Waals surface area contributed by atoms with Gasteiger partial charge in [-0.1, -0.05) is 74.0 Å². The predicted molar refractivity (Wildman–Crippen MR) is 211 cm³/mol. The maximum Gasteiger partial charge on any atom is 0.495 e. The summed E-state index contributed by atoms with van der Waals surface area (Å²) in [5, 5.41) is 0.456. The standard InChI is InChI=1S/C43H46B2N2O8/c1-10-11-22-46-36(48)27-23-29(44-52-40(2,3)41(4,5)53-44)32-34-31(27)28(37(46)49)24-30(45-54-42(6,7)43(8,9)55-45)33(34)39(51)47(38(32)50)35(25-18-14-12-15-19-25)26-20-16-13-17-21-26/h12-21,23-24,35H,10-11,22H2,1-9H3. The van der Waals surface area contributed by atoms with E-state index in [2.05, 4.69) is 0 Å². The molecule has 4 aliphatic rings. The van der Waals surface area contributed by atoms with E-state index in [1.165, 1.54) is 9.80 Å². The van der Waals surface area contributed by atoms with Gasteiger partial charge >= 0.3 is 14.2 Å². The van der Waals surface area contributed by atoms with Crippen molar-refractivity contribution in [3.05, 3.63) is 106 Å². The third kappa shape index (κ3) is 5.55. The number of carbonyl (C=O) groups is 4. The van der Waals surface area contributed by atoms with Gasteiger partial charge in [0.15, 0.2) is 0 Å². The zero-order valence-corrected chi connectivity index (χ0v) is 32.9. The second-order valence-corrected chi connectivity index (χ2v) is 17.0. The van der Waals surface area contributed by atoms with Gasteiger partial charge in [-0.05, 0) is 96.0 Å². The first-order chi connectivity index (χ1) is 25.9. The summed E-state index contributed by atoms with van der Waals surface area (Å²) in [5.74, 6) is -2.20. The van der Waals surface area contributed by atoms with E-state index >= 15 is 9.59 Å². The molecule has 8 rings (SSSR count). The Hall–Kier alpha value is -4.61. The molecule has 2 fully saturated rings. The minimum atomic E-state index is -1.09. The van der Waals surface area contributed by atoms with E-state index in [-0.39, 0.29) is 39.6 Å². The van der Waals surface area contributed by atoms with E-state index in [0.29, 0.717) is 17.3 Å². The number of imide groups is 2. The van der Waals surface area contributed by atoms with E-state index in [0.717, 1.165) is 17.5 Å². The Morgan fingerprint density at radius 1 is 0.564 bits per heavy atom. The average Bonchev–Trinajstić information content (AvgIpc) is 3.50. The van der Waals surface area contributed by atoms with Gasteiger partial charge in [-0.25, -0.2) is 0 Å². The second kappa shape index (κ2) is 12.7. The highest BCUT2D eigenvalue weighted by molar-refractivity contribution is 6.67. The quantitative estimate of drug-likeness (QED) is 0.155. The van der Waals surface area contributed by atoms with E-state index < -0.39 is 66.3 Å². The van der Waals surface area contributed by atoms with Gasteiger partial charge in [0.2, 0.25) is 0 Å². The van der Waals surface area contributed by atoms with Crippen molar-refractivity contribution in [2.45, 2.75) is 104 Å². The van der Waals surface area contributed by atoms with Gasteiger partial charge in [0.05, 0.1) is 28.4 Å². The summed E-state index contributed by atoms with van der Waals surface area (Å²) in [6, 6.07) is 21.2. The van der Waals surface area contributed by atoms with Crippen LogP contribution in [-0.2, 0) is 18.6 Å². The summed E-state index contributed by atoms with van der Waals surface area (Å²) in [6.07, 6.45) is 1.37. The Bertz CT molecular complexity index is 2110. The van der Waals surface area contributed by atoms with Gasteiger partial charge in [0.25, 0.3) is 23.6 Å². The molecule has 4 amide bonds. The number of amides is 4. The van der Waals surface area contributed by atoms with E-state index in [1.54, 1.807) is 12.1 Å². The maximum atomic E-state index is 15.6. The topological polar surface area (TPSA) is 112 Å². The third-order valence-electron chi connectivity index (χ3n) is 12.5. The predicted octanol–water partition coefficient (Wildman–Crippen LogP) is 6.22. The average molecular weight is 740 g/mol. The number of hydrogen-bond acceptors (Lipinski definition) is 8. The lowest BCUT2D eigenvalue weighted by atomic mass is 9.66. The van der Waals surface area contributed by atoms with Gasteiger partial charge in [0.1, 0.15) is 0 Å². The van der Waals surface area contributed by atoms with Gasteiger partial charge < -0.3 is 18.6 Å². The molecule has 282 valence electrons. The van der Waals surface area contributed by atoms with E-state index in [4.69, 9.17) is 18.6 Å². The summed E-state index contributed by atoms with van der Waals surface area (Å²) in [5.41, 5.74) is -0.487. The van der Waals surface area contributed by atoms with Crippen molar-refractivity contribution >= 4 is 59.6 Å². The molecule has 0 aromatic heterocycles. The normalized spacial score (nSPS) is 20.8. The number of hydrogen-bond donors (Lipinski definition) is 0. The highest BCUT2D eigenvalue weighted by Crippen LogP contribution is 2.44. The molecule has 4 aliphatic heterocycles. The minimum Gasteiger partial charge on any atom is -0.399 e. The first kappa shape index (κ1) is 37.3. The molecule has 2 saturated heterocycles. The molecule has 4 aromatic carbocycles. The van der Waals surface area contributed by atoms with Crippen LogP contribution in [0.5, 0.6) is 0 Å². The molecule has 0 bridgehead atoms. The Balaban J connectivity index is 1.48. The van der Waals surface area contributed by atoms with Crippen LogP contribution in [0, 0.1) is 0 Å². The molecule has 4 heterocycles. The van der Waals surface area contributed by atoms with Crippen LogP contribution in [0.1, 0.15) is 134 Å². The summed E-state index contributed by atoms with van der Waals surface area (Å²) in [4.78, 5) is 62.7. The molecule has 55 heavy (non-hydrogen) atoms. The van der Waals surface area contributed by atoms with Crippen LogP contribution in [0.15, 0.2) is 72.8 Å². The summed E-state index contributed by atoms with van der Waals surface area (Å²) >= 11 is 0. The Kier molecular flexibility index (Phi) is 8.62. The molecule has 0 aliphatic carbocycles. The van der Waals surface area contributed by atoms with Crippen molar-refractivity contribution in [2.75, 3.05) is 6.54 Å². The highest BCUT2D eigenvalue weighted by Gasteiger charge is 2.57. The fourth-order valence-electron chi connectivity index (χ4n) is 8.02. The third-order valence-corrected chi connectivity index (χ3v) is 12.5. The van der Waals surface area contributed by atoms with Crippen molar-refractivity contribution in [3.63, 3.8) is 0 Å². The van der Waals surface area contributed by atoms with Crippen LogP contribution in [0.3, 0.4) is 0 Å². The van der Waals surface area contributed by atoms with Crippen LogP contribution in [-0.4, -0.2) is 76.6 Å². The Morgan fingerprint density at radius 3 is 1.31 bits per heavy atom. The molecule has 12 heteroatoms. The highest BCUT2D eigenvalue weighted by atomic mass is 16.7. The zero-order valence-electron chi connectivity index (χ0n) is 32.9. The molecule has 0 spiro atoms. The molecule has 0 unspecified atom stereocenters. The molecular formula is C43H46B2N2O8. The zero-order chi connectivity index (χ0) is 39.4. The van der Waals surface area contributed by atoms with Crippen LogP contribution in [0.25, 0.3) is 10.8 Å². The fourth-order valence-corrected chi connectivity index (χ4v) is 8.02. The number of unbranched alkanes of at least 4 members (excludes halogenated alkanes) is 1. The summed E-state index contributed by atoms with van der Waals surface area (Å²) in [6.45, 7) is 17.5. The van der Waals surface area contributed by atoms with Crippen molar-refractivity contribution < 1.29 is 37.8 Å². The van der Waals surface area contributed by atoms with Gasteiger partial charge in [-0.2, -0.15) is 0 Å². The van der Waals surface area contributed by atoms with Crippen LogP contribution < -0.4 is 10.9 Å². The van der Waals surface area contributed by atoms with Crippen LogP contribution >= 0.6 is 0 Å². The monoisotopic (exact) mass is 740 g/mol. The van der Waals surface area contributed by atoms with Gasteiger partial charge in [0, 0.05) is 39.6 Å². The number of nitrogens with zero attached hydrogens (tertiary/aromatic N) is 2. The molecule has 0 atom stereocenters. The molecule has 0 radical (unpaired) electrons. The number of benzene rings is 4. The lowest BCUT2D eigenvalue weighted by Gasteiger charge is -2.38. The first-order valence-electron chi connectivity index (χ1n) is 19.1. The maximum absolute atomic E-state index is 15.6. The van der Waals surface area contributed by atoms with Crippen molar-refractivity contribution in [2.24, 2.45) is 0 Å². The molecular weight excluding hydrogens is 694 g/mol. The van der Waals surface area contributed by atoms with Crippen LogP contribution in [0.4, 0.5) is 0 Å². The molecule has 10 nitrogen and oxygen atoms in total. The summed E-state index contributed by atoms with van der Waals surface area (Å²) < 4.78 is 26.4. The van der Waals surface area contributed by atoms with Gasteiger partial charge in [-0.3, -0.25) is 29.0 Å². The van der Waals surface area contributed by atoms with E-state index in [1.807, 2.05) is 123 Å². The Labute approximate surface area is 322 Å². The lowest BCUT2D eigenvalue weighted by molar-refractivity contribution is 0.00578. The fraction of sp³-hybridized carbons (Fsp3) is 0.395. The first-order valence-corrected chi connectivity index (χ1v) is 19.1. The largest absolute Gasteiger partial charge is 0.495 e. The summed E-state index contributed by atoms with van der Waals surface area (Å²) in [7, 11) is -2.17. The second-order valence-electron chi connectivity index (χ2n) is 17.0. The molecule has 0 N–H and O–H groups in total. The molecule has 4 aromatic rings. The Morgan fingerprint density at radius 2 is 0.945 bits per heavy atom. The van der Waals surface area contributed by atoms with Crippen molar-refractivity contribution in [1.29, 1.82) is 0 Å². The van der Waals surface area contributed by atoms with Crippen molar-refractivity contribution in [3.8, 4) is 0 Å². The molecule has 0 saturated carbocycles. The van der Waals surface area contributed by atoms with Crippen molar-refractivity contribution in [1.82, 2.24) is 9.80 Å². The van der Waals surface area contributed by atoms with Crippen LogP contribution in [0.2, 0.25) is 0 Å². The number of carbonyl (C=O) groups excluding carboxylic acids is 4. The smallest absolute Gasteiger partial charge is 0.399 e. The SMILES string of the molecule is CCCCN1C(=O)c2cc(B3OC(C)(C)C(C)(C)O3)c3c4c(c(B5OC(C)(C)C(C)(C)O5)cc(c24)C1=O)C(=O)N(C(c1ccccc1)c1ccccc1)C3=O. The minimum absolute atomic E-state index is 0.130. The van der Waals surface area contributed by atoms with E-state index in [9.17, 15) is 9.59 Å². The lowest BCUT2D eigenvalue weighted by Crippen LogP contribution is -2.53. The van der Waals surface area contributed by atoms with Gasteiger partial charge in [-0.15, -0.1) is 0 Å². The number of rotatable bonds is 8.